The highest BCUT2D eigenvalue weighted by atomic mass is 32.1. The zero-order chi connectivity index (χ0) is 18.4. The summed E-state index contributed by atoms with van der Waals surface area (Å²) in [6.07, 6.45) is 4.69. The van der Waals surface area contributed by atoms with E-state index < -0.39 is 0 Å². The van der Waals surface area contributed by atoms with Crippen LogP contribution in [0.25, 0.3) is 5.57 Å². The molecule has 2 aromatic rings. The maximum atomic E-state index is 4.41. The van der Waals surface area contributed by atoms with Crippen LogP contribution in [-0.2, 0) is 16.6 Å². The Morgan fingerprint density at radius 2 is 1.44 bits per heavy atom. The van der Waals surface area contributed by atoms with Crippen LogP contribution in [-0.4, -0.2) is 0 Å². The second-order valence-electron chi connectivity index (χ2n) is 8.32. The number of hydrogen-bond donors (Lipinski definition) is 1. The molecule has 0 radical (unpaired) electrons. The van der Waals surface area contributed by atoms with Crippen molar-refractivity contribution >= 4 is 18.2 Å². The number of fused-ring (bicyclic) bond motifs is 1. The second kappa shape index (κ2) is 6.21. The Kier molecular flexibility index (Phi) is 4.49. The topological polar surface area (TPSA) is 0 Å². The SMILES string of the molecule is C=C(c1ccc(CS)cc1)c1cc2c(cc1C)C(C)(C)C=CC2(C)C. The molecule has 0 nitrogen and oxygen atoms in total. The number of aryl methyl sites for hydroxylation is 1. The van der Waals surface area contributed by atoms with Gasteiger partial charge in [-0.25, -0.2) is 0 Å². The highest BCUT2D eigenvalue weighted by molar-refractivity contribution is 7.79. The quantitative estimate of drug-likeness (QED) is 0.468. The van der Waals surface area contributed by atoms with Gasteiger partial charge in [-0.3, -0.25) is 0 Å². The van der Waals surface area contributed by atoms with Gasteiger partial charge in [0, 0.05) is 16.6 Å². The fraction of sp³-hybridized carbons (Fsp3) is 0.333. The third-order valence-corrected chi connectivity index (χ3v) is 5.84. The minimum Gasteiger partial charge on any atom is -0.175 e. The van der Waals surface area contributed by atoms with Gasteiger partial charge in [0.1, 0.15) is 0 Å². The molecule has 0 saturated heterocycles. The Morgan fingerprint density at radius 1 is 0.920 bits per heavy atom. The summed E-state index contributed by atoms with van der Waals surface area (Å²) in [5, 5.41) is 0. The Bertz CT molecular complexity index is 848. The lowest BCUT2D eigenvalue weighted by molar-refractivity contribution is 0.562. The van der Waals surface area contributed by atoms with Crippen molar-refractivity contribution < 1.29 is 0 Å². The van der Waals surface area contributed by atoms with Gasteiger partial charge in [-0.15, -0.1) is 0 Å². The van der Waals surface area contributed by atoms with Crippen LogP contribution < -0.4 is 0 Å². The molecule has 0 spiro atoms. The summed E-state index contributed by atoms with van der Waals surface area (Å²) in [4.78, 5) is 0. The molecule has 0 heterocycles. The van der Waals surface area contributed by atoms with E-state index in [1.54, 1.807) is 0 Å². The summed E-state index contributed by atoms with van der Waals surface area (Å²) in [7, 11) is 0. The number of rotatable bonds is 3. The molecule has 2 aromatic carbocycles. The molecule has 0 bridgehead atoms. The molecule has 1 aliphatic carbocycles. The molecular formula is C24H28S. The van der Waals surface area contributed by atoms with Gasteiger partial charge in [0.2, 0.25) is 0 Å². The first kappa shape index (κ1) is 18.1. The summed E-state index contributed by atoms with van der Waals surface area (Å²) >= 11 is 4.34. The van der Waals surface area contributed by atoms with E-state index in [9.17, 15) is 0 Å². The molecule has 1 aliphatic rings. The fourth-order valence-electron chi connectivity index (χ4n) is 3.66. The molecule has 0 N–H and O–H groups in total. The lowest BCUT2D eigenvalue weighted by Crippen LogP contribution is -2.29. The third kappa shape index (κ3) is 3.22. The summed E-state index contributed by atoms with van der Waals surface area (Å²) < 4.78 is 0. The molecular weight excluding hydrogens is 320 g/mol. The maximum absolute atomic E-state index is 4.41. The van der Waals surface area contributed by atoms with Gasteiger partial charge in [-0.2, -0.15) is 12.6 Å². The van der Waals surface area contributed by atoms with Crippen LogP contribution in [0, 0.1) is 6.92 Å². The van der Waals surface area contributed by atoms with Crippen LogP contribution in [0.15, 0.2) is 55.1 Å². The van der Waals surface area contributed by atoms with Crippen LogP contribution in [0.5, 0.6) is 0 Å². The highest BCUT2D eigenvalue weighted by Gasteiger charge is 2.33. The molecule has 130 valence electrons. The van der Waals surface area contributed by atoms with Crippen molar-refractivity contribution in [3.05, 3.63) is 88.5 Å². The molecule has 25 heavy (non-hydrogen) atoms. The molecule has 0 unspecified atom stereocenters. The van der Waals surface area contributed by atoms with Crippen molar-refractivity contribution in [2.45, 2.75) is 51.2 Å². The smallest absolute Gasteiger partial charge is 0.0154 e. The van der Waals surface area contributed by atoms with Gasteiger partial charge in [0.15, 0.2) is 0 Å². The minimum absolute atomic E-state index is 0.0451. The van der Waals surface area contributed by atoms with E-state index in [2.05, 4.69) is 102 Å². The Morgan fingerprint density at radius 3 is 1.96 bits per heavy atom. The first-order valence-corrected chi connectivity index (χ1v) is 9.54. The molecule has 3 rings (SSSR count). The van der Waals surface area contributed by atoms with Crippen molar-refractivity contribution in [3.63, 3.8) is 0 Å². The summed E-state index contributed by atoms with van der Waals surface area (Å²) in [6.45, 7) is 15.8. The minimum atomic E-state index is 0.0451. The highest BCUT2D eigenvalue weighted by Crippen LogP contribution is 2.43. The van der Waals surface area contributed by atoms with Crippen LogP contribution in [0.1, 0.15) is 61.1 Å². The Labute approximate surface area is 158 Å². The maximum Gasteiger partial charge on any atom is 0.0154 e. The standard InChI is InChI=1S/C24H28S/c1-16-13-21-22(24(5,6)12-11-23(21,3)4)14-20(16)17(2)19-9-7-18(15-25)8-10-19/h7-14,25H,2,15H2,1,3-6H3. The molecule has 0 aromatic heterocycles. The van der Waals surface area contributed by atoms with Crippen molar-refractivity contribution in [2.75, 3.05) is 0 Å². The predicted octanol–water partition coefficient (Wildman–Crippen LogP) is 6.61. The average Bonchev–Trinajstić information content (AvgIpc) is 2.58. The van der Waals surface area contributed by atoms with Crippen molar-refractivity contribution in [1.29, 1.82) is 0 Å². The summed E-state index contributed by atoms with van der Waals surface area (Å²) in [5.74, 6) is 0.764. The molecule has 0 saturated carbocycles. The van der Waals surface area contributed by atoms with E-state index in [-0.39, 0.29) is 10.8 Å². The lowest BCUT2D eigenvalue weighted by atomic mass is 9.67. The van der Waals surface area contributed by atoms with Crippen molar-refractivity contribution in [1.82, 2.24) is 0 Å². The van der Waals surface area contributed by atoms with Crippen molar-refractivity contribution in [3.8, 4) is 0 Å². The largest absolute Gasteiger partial charge is 0.175 e. The van der Waals surface area contributed by atoms with E-state index in [4.69, 9.17) is 0 Å². The van der Waals surface area contributed by atoms with Gasteiger partial charge < -0.3 is 0 Å². The van der Waals surface area contributed by atoms with E-state index in [1.165, 1.54) is 33.4 Å². The van der Waals surface area contributed by atoms with E-state index in [0.717, 1.165) is 11.3 Å². The predicted molar refractivity (Wildman–Crippen MR) is 114 cm³/mol. The number of hydrogen-bond acceptors (Lipinski definition) is 1. The van der Waals surface area contributed by atoms with E-state index >= 15 is 0 Å². The monoisotopic (exact) mass is 348 g/mol. The lowest BCUT2D eigenvalue weighted by Gasteiger charge is -2.37. The average molecular weight is 349 g/mol. The van der Waals surface area contributed by atoms with E-state index in [1.807, 2.05) is 0 Å². The van der Waals surface area contributed by atoms with Crippen LogP contribution >= 0.6 is 12.6 Å². The molecule has 0 amide bonds. The Balaban J connectivity index is 2.11. The van der Waals surface area contributed by atoms with E-state index in [0.29, 0.717) is 0 Å². The zero-order valence-corrected chi connectivity index (χ0v) is 16.9. The van der Waals surface area contributed by atoms with Crippen molar-refractivity contribution in [2.24, 2.45) is 0 Å². The van der Waals surface area contributed by atoms with Gasteiger partial charge in [-0.05, 0) is 51.9 Å². The molecule has 1 heteroatoms. The van der Waals surface area contributed by atoms with Crippen LogP contribution in [0.2, 0.25) is 0 Å². The van der Waals surface area contributed by atoms with Crippen LogP contribution in [0.3, 0.4) is 0 Å². The molecule has 0 aliphatic heterocycles. The molecule has 0 atom stereocenters. The zero-order valence-electron chi connectivity index (χ0n) is 16.0. The number of thiol groups is 1. The number of benzene rings is 2. The fourth-order valence-corrected chi connectivity index (χ4v) is 3.87. The van der Waals surface area contributed by atoms with Gasteiger partial charge >= 0.3 is 0 Å². The summed E-state index contributed by atoms with van der Waals surface area (Å²) in [5.41, 5.74) is 9.00. The molecule has 0 fully saturated rings. The first-order valence-electron chi connectivity index (χ1n) is 8.91. The summed E-state index contributed by atoms with van der Waals surface area (Å²) in [6, 6.07) is 13.3. The first-order chi connectivity index (χ1) is 11.7. The van der Waals surface area contributed by atoms with Gasteiger partial charge in [-0.1, -0.05) is 76.8 Å². The second-order valence-corrected chi connectivity index (χ2v) is 8.64. The third-order valence-electron chi connectivity index (χ3n) is 5.48. The Hall–Kier alpha value is -1.73. The van der Waals surface area contributed by atoms with Crippen LogP contribution in [0.4, 0.5) is 0 Å². The number of allylic oxidation sites excluding steroid dienone is 2. The van der Waals surface area contributed by atoms with Gasteiger partial charge in [0.25, 0.3) is 0 Å². The van der Waals surface area contributed by atoms with Gasteiger partial charge in [0.05, 0.1) is 0 Å². The normalized spacial score (nSPS) is 17.2.